The molecule has 0 fully saturated rings. The third kappa shape index (κ3) is 8.96. The Labute approximate surface area is 125 Å². The molecule has 0 aliphatic carbocycles. The van der Waals surface area contributed by atoms with E-state index in [1.165, 1.54) is 0 Å². The Morgan fingerprint density at radius 1 is 1.19 bits per heavy atom. The van der Waals surface area contributed by atoms with Gasteiger partial charge >= 0.3 is 5.97 Å². The highest BCUT2D eigenvalue weighted by molar-refractivity contribution is 5.85. The van der Waals surface area contributed by atoms with Crippen molar-refractivity contribution in [2.75, 3.05) is 33.5 Å². The number of hydrogen-bond acceptors (Lipinski definition) is 4. The summed E-state index contributed by atoms with van der Waals surface area (Å²) in [6, 6.07) is 7.60. The molecular weight excluding hydrogens is 272 g/mol. The van der Waals surface area contributed by atoms with E-state index in [0.717, 1.165) is 23.6 Å². The van der Waals surface area contributed by atoms with Crippen LogP contribution in [0.4, 0.5) is 0 Å². The zero-order valence-corrected chi connectivity index (χ0v) is 12.3. The second-order valence-electron chi connectivity index (χ2n) is 4.43. The monoisotopic (exact) mass is 294 g/mol. The van der Waals surface area contributed by atoms with E-state index >= 15 is 0 Å². The molecule has 0 aliphatic heterocycles. The van der Waals surface area contributed by atoms with Gasteiger partial charge in [-0.1, -0.05) is 18.2 Å². The average Bonchev–Trinajstić information content (AvgIpc) is 2.48. The normalized spacial score (nSPS) is 11.1. The lowest BCUT2D eigenvalue weighted by atomic mass is 10.1. The summed E-state index contributed by atoms with van der Waals surface area (Å²) < 4.78 is 15.8. The van der Waals surface area contributed by atoms with E-state index in [9.17, 15) is 4.79 Å². The molecule has 0 amide bonds. The van der Waals surface area contributed by atoms with Gasteiger partial charge in [-0.05, 0) is 29.7 Å². The molecule has 1 rings (SSSR count). The molecule has 21 heavy (non-hydrogen) atoms. The number of methoxy groups -OCH3 is 1. The minimum Gasteiger partial charge on any atom is -0.478 e. The molecule has 1 aromatic carbocycles. The number of hydrogen-bond donors (Lipinski definition) is 1. The zero-order chi connectivity index (χ0) is 15.3. The predicted molar refractivity (Wildman–Crippen MR) is 80.1 cm³/mol. The van der Waals surface area contributed by atoms with Crippen LogP contribution < -0.4 is 0 Å². The Balaban J connectivity index is 2.20. The van der Waals surface area contributed by atoms with Crippen LogP contribution in [-0.2, 0) is 25.6 Å². The zero-order valence-electron chi connectivity index (χ0n) is 12.3. The summed E-state index contributed by atoms with van der Waals surface area (Å²) >= 11 is 0. The fourth-order valence-corrected chi connectivity index (χ4v) is 1.65. The summed E-state index contributed by atoms with van der Waals surface area (Å²) in [5.74, 6) is -0.954. The highest BCUT2D eigenvalue weighted by Crippen LogP contribution is 2.08. The van der Waals surface area contributed by atoms with Gasteiger partial charge in [0.25, 0.3) is 0 Å². The van der Waals surface area contributed by atoms with Crippen LogP contribution in [0, 0.1) is 0 Å². The van der Waals surface area contributed by atoms with Crippen molar-refractivity contribution in [3.05, 3.63) is 41.5 Å². The van der Waals surface area contributed by atoms with Crippen LogP contribution in [0.25, 0.3) is 6.08 Å². The molecule has 5 nitrogen and oxygen atoms in total. The van der Waals surface area contributed by atoms with Crippen molar-refractivity contribution >= 4 is 12.0 Å². The Kier molecular flexibility index (Phi) is 9.11. The van der Waals surface area contributed by atoms with Crippen LogP contribution in [0.1, 0.15) is 17.5 Å². The fraction of sp³-hybridized carbons (Fsp3) is 0.438. The molecule has 0 saturated heterocycles. The molecule has 0 aliphatic rings. The van der Waals surface area contributed by atoms with E-state index in [1.54, 1.807) is 13.2 Å². The molecule has 116 valence electrons. The number of carbonyl (C=O) groups is 1. The van der Waals surface area contributed by atoms with Gasteiger partial charge in [0.2, 0.25) is 0 Å². The molecule has 0 spiro atoms. The maximum atomic E-state index is 10.5. The van der Waals surface area contributed by atoms with E-state index < -0.39 is 5.97 Å². The lowest BCUT2D eigenvalue weighted by Crippen LogP contribution is -2.05. The summed E-state index contributed by atoms with van der Waals surface area (Å²) in [5.41, 5.74) is 1.87. The van der Waals surface area contributed by atoms with E-state index in [2.05, 4.69) is 0 Å². The SMILES string of the molecule is COCCOCCCOCc1cccc(/C=C/C(=O)O)c1. The third-order valence-corrected chi connectivity index (χ3v) is 2.65. The van der Waals surface area contributed by atoms with Gasteiger partial charge in [0.15, 0.2) is 0 Å². The van der Waals surface area contributed by atoms with Gasteiger partial charge in [-0.3, -0.25) is 0 Å². The van der Waals surface area contributed by atoms with Gasteiger partial charge in [0.05, 0.1) is 19.8 Å². The fourth-order valence-electron chi connectivity index (χ4n) is 1.65. The molecule has 5 heteroatoms. The van der Waals surface area contributed by atoms with Gasteiger partial charge in [-0.15, -0.1) is 0 Å². The molecule has 0 atom stereocenters. The van der Waals surface area contributed by atoms with Gasteiger partial charge in [0.1, 0.15) is 0 Å². The van der Waals surface area contributed by atoms with Gasteiger partial charge in [-0.2, -0.15) is 0 Å². The number of rotatable bonds is 11. The van der Waals surface area contributed by atoms with Crippen LogP contribution in [-0.4, -0.2) is 44.6 Å². The lowest BCUT2D eigenvalue weighted by Gasteiger charge is -2.06. The summed E-state index contributed by atoms with van der Waals surface area (Å²) in [6.07, 6.45) is 3.52. The predicted octanol–water partition coefficient (Wildman–Crippen LogP) is 2.35. The largest absolute Gasteiger partial charge is 0.478 e. The van der Waals surface area contributed by atoms with Crippen LogP contribution >= 0.6 is 0 Å². The van der Waals surface area contributed by atoms with Crippen molar-refractivity contribution in [2.45, 2.75) is 13.0 Å². The molecule has 0 heterocycles. The first-order chi connectivity index (χ1) is 10.2. The molecule has 0 unspecified atom stereocenters. The van der Waals surface area contributed by atoms with Crippen LogP contribution in [0.2, 0.25) is 0 Å². The van der Waals surface area contributed by atoms with Crippen LogP contribution in [0.3, 0.4) is 0 Å². The molecule has 0 bridgehead atoms. The number of carboxylic acids is 1. The summed E-state index contributed by atoms with van der Waals surface area (Å²) in [4.78, 5) is 10.5. The Hall–Kier alpha value is -1.69. The van der Waals surface area contributed by atoms with Gasteiger partial charge in [0, 0.05) is 26.4 Å². The van der Waals surface area contributed by atoms with Crippen LogP contribution in [0.5, 0.6) is 0 Å². The highest BCUT2D eigenvalue weighted by atomic mass is 16.5. The number of benzene rings is 1. The first kappa shape index (κ1) is 17.4. The minimum atomic E-state index is -0.954. The molecule has 0 saturated carbocycles. The molecular formula is C16H22O5. The average molecular weight is 294 g/mol. The Morgan fingerprint density at radius 3 is 2.76 bits per heavy atom. The minimum absolute atomic E-state index is 0.507. The molecule has 0 aromatic heterocycles. The van der Waals surface area contributed by atoms with Crippen molar-refractivity contribution in [2.24, 2.45) is 0 Å². The second kappa shape index (κ2) is 11.0. The first-order valence-corrected chi connectivity index (χ1v) is 6.86. The number of ether oxygens (including phenoxy) is 3. The van der Waals surface area contributed by atoms with E-state index in [4.69, 9.17) is 19.3 Å². The van der Waals surface area contributed by atoms with Crippen molar-refractivity contribution in [3.8, 4) is 0 Å². The van der Waals surface area contributed by atoms with Gasteiger partial charge < -0.3 is 19.3 Å². The van der Waals surface area contributed by atoms with Crippen molar-refractivity contribution in [1.29, 1.82) is 0 Å². The summed E-state index contributed by atoms with van der Waals surface area (Å²) in [7, 11) is 1.65. The maximum Gasteiger partial charge on any atom is 0.328 e. The summed E-state index contributed by atoms with van der Waals surface area (Å²) in [5, 5.41) is 8.59. The maximum absolute atomic E-state index is 10.5. The first-order valence-electron chi connectivity index (χ1n) is 6.86. The van der Waals surface area contributed by atoms with Crippen molar-refractivity contribution in [3.63, 3.8) is 0 Å². The van der Waals surface area contributed by atoms with Gasteiger partial charge in [-0.25, -0.2) is 4.79 Å². The Bertz CT molecular complexity index is 442. The second-order valence-corrected chi connectivity index (χ2v) is 4.43. The molecule has 0 radical (unpaired) electrons. The van der Waals surface area contributed by atoms with E-state index in [1.807, 2.05) is 24.3 Å². The lowest BCUT2D eigenvalue weighted by molar-refractivity contribution is -0.131. The number of carboxylic acid groups (broad SMARTS) is 1. The standard InChI is InChI=1S/C16H22O5/c1-19-10-11-20-8-3-9-21-13-15-5-2-4-14(12-15)6-7-16(17)18/h2,4-7,12H,3,8-11,13H2,1H3,(H,17,18)/b7-6+. The number of aliphatic carboxylic acids is 1. The third-order valence-electron chi connectivity index (χ3n) is 2.65. The van der Waals surface area contributed by atoms with Crippen molar-refractivity contribution in [1.82, 2.24) is 0 Å². The molecule has 1 N–H and O–H groups in total. The van der Waals surface area contributed by atoms with E-state index in [-0.39, 0.29) is 0 Å². The quantitative estimate of drug-likeness (QED) is 0.501. The summed E-state index contributed by atoms with van der Waals surface area (Å²) in [6.45, 7) is 3.01. The topological polar surface area (TPSA) is 65.0 Å². The Morgan fingerprint density at radius 2 is 2.00 bits per heavy atom. The molecule has 1 aromatic rings. The van der Waals surface area contributed by atoms with Crippen molar-refractivity contribution < 1.29 is 24.1 Å². The highest BCUT2D eigenvalue weighted by Gasteiger charge is 1.96. The van der Waals surface area contributed by atoms with E-state index in [0.29, 0.717) is 33.0 Å². The smallest absolute Gasteiger partial charge is 0.328 e. The van der Waals surface area contributed by atoms with Crippen LogP contribution in [0.15, 0.2) is 30.3 Å².